The Balaban J connectivity index is 0. The van der Waals surface area contributed by atoms with E-state index < -0.39 is 0 Å². The number of hydrogen-bond acceptors (Lipinski definition) is 5. The van der Waals surface area contributed by atoms with E-state index in [0.717, 1.165) is 52.5 Å². The Morgan fingerprint density at radius 3 is 1.29 bits per heavy atom. The van der Waals surface area contributed by atoms with E-state index in [1.54, 1.807) is 0 Å². The topological polar surface area (TPSA) is 86.0 Å². The molecule has 1 aliphatic rings. The molecule has 17 heavy (non-hydrogen) atoms. The Bertz CT molecular complexity index is 85.4. The number of hydrogen-bond donors (Lipinski definition) is 3. The summed E-state index contributed by atoms with van der Waals surface area (Å²) in [5.41, 5.74) is 0. The maximum absolute atomic E-state index is 5.38. The molecular weight excluding hydrogens is 269 g/mol. The average Bonchev–Trinajstić information content (AvgIpc) is 2.27. The molecule has 0 spiro atoms. The quantitative estimate of drug-likeness (QED) is 0.449. The van der Waals surface area contributed by atoms with Crippen LogP contribution in [0.5, 0.6) is 0 Å². The van der Waals surface area contributed by atoms with Crippen LogP contribution in [-0.4, -0.2) is 71.2 Å². The number of ether oxygens (including phenoxy) is 2. The van der Waals surface area contributed by atoms with Gasteiger partial charge in [-0.05, 0) is 0 Å². The predicted octanol–water partition coefficient (Wildman–Crippen LogP) is -2.03. The molecule has 0 bridgehead atoms. The fraction of sp³-hybridized carbons (Fsp3) is 1.00. The molecule has 106 valence electrons. The molecule has 0 radical (unpaired) electrons. The van der Waals surface area contributed by atoms with Crippen LogP contribution >= 0.6 is 0 Å². The third-order valence-corrected chi connectivity index (χ3v) is 2.18. The fourth-order valence-corrected chi connectivity index (χ4v) is 1.34. The smallest absolute Gasteiger partial charge is 0.412 e. The summed E-state index contributed by atoms with van der Waals surface area (Å²) in [6.45, 7) is 8.78. The van der Waals surface area contributed by atoms with Crippen molar-refractivity contribution in [2.45, 2.75) is 0 Å². The fourth-order valence-electron chi connectivity index (χ4n) is 1.34. The van der Waals surface area contributed by atoms with Gasteiger partial charge in [-0.25, -0.2) is 0 Å². The Morgan fingerprint density at radius 2 is 0.882 bits per heavy atom. The van der Waals surface area contributed by atoms with E-state index in [-0.39, 0.29) is 22.0 Å². The van der Waals surface area contributed by atoms with Gasteiger partial charge in [-0.1, -0.05) is 0 Å². The van der Waals surface area contributed by atoms with E-state index in [1.165, 1.54) is 0 Å². The first kappa shape index (κ1) is 19.6. The second kappa shape index (κ2) is 16.3. The maximum Gasteiger partial charge on any atom is 2.00 e. The Hall–Kier alpha value is 0.254. The normalized spacial score (nSPS) is 21.2. The monoisotopic (exact) mass is 293 g/mol. The van der Waals surface area contributed by atoms with E-state index in [1.807, 2.05) is 0 Å². The summed E-state index contributed by atoms with van der Waals surface area (Å²) in [5, 5.41) is 9.96. The van der Waals surface area contributed by atoms with E-state index in [4.69, 9.17) is 9.47 Å². The maximum atomic E-state index is 5.38. The molecule has 0 aromatic heterocycles. The Morgan fingerprint density at radius 1 is 0.529 bits per heavy atom. The summed E-state index contributed by atoms with van der Waals surface area (Å²) in [6.07, 6.45) is 0. The van der Waals surface area contributed by atoms with Gasteiger partial charge in [0.1, 0.15) is 0 Å². The van der Waals surface area contributed by atoms with Crippen molar-refractivity contribution >= 4 is 0 Å². The van der Waals surface area contributed by atoms with Gasteiger partial charge in [-0.15, -0.1) is 0 Å². The molecule has 1 heterocycles. The molecule has 6 nitrogen and oxygen atoms in total. The first-order valence-electron chi connectivity index (χ1n) is 5.78. The predicted molar refractivity (Wildman–Crippen MR) is 63.9 cm³/mol. The minimum Gasteiger partial charge on any atom is -0.412 e. The molecule has 0 aromatic carbocycles. The van der Waals surface area contributed by atoms with Crippen molar-refractivity contribution in [1.82, 2.24) is 16.0 Å². The van der Waals surface area contributed by atoms with Gasteiger partial charge in [0, 0.05) is 39.3 Å². The van der Waals surface area contributed by atoms with Gasteiger partial charge in [-0.3, -0.25) is 0 Å². The zero-order valence-corrected chi connectivity index (χ0v) is 11.2. The van der Waals surface area contributed by atoms with E-state index in [2.05, 4.69) is 16.0 Å². The van der Waals surface area contributed by atoms with Crippen molar-refractivity contribution in [3.05, 3.63) is 0 Å². The van der Waals surface area contributed by atoms with Gasteiger partial charge < -0.3 is 30.9 Å². The van der Waals surface area contributed by atoms with Gasteiger partial charge >= 0.3 is 16.5 Å². The molecule has 5 N–H and O–H groups in total. The zero-order chi connectivity index (χ0) is 10.6. The SMILES string of the molecule is C1CNCCOCCOCCNCCN1.O.[Ni+2]. The second-order valence-electron chi connectivity index (χ2n) is 3.47. The minimum atomic E-state index is 0. The van der Waals surface area contributed by atoms with Gasteiger partial charge in [0.05, 0.1) is 26.4 Å². The van der Waals surface area contributed by atoms with Crippen LogP contribution in [0, 0.1) is 0 Å². The van der Waals surface area contributed by atoms with Crippen molar-refractivity contribution in [2.24, 2.45) is 0 Å². The molecule has 1 fully saturated rings. The third-order valence-electron chi connectivity index (χ3n) is 2.18. The van der Waals surface area contributed by atoms with Gasteiger partial charge in [-0.2, -0.15) is 0 Å². The first-order chi connectivity index (χ1) is 7.50. The van der Waals surface area contributed by atoms with Crippen molar-refractivity contribution in [3.8, 4) is 0 Å². The van der Waals surface area contributed by atoms with Crippen molar-refractivity contribution < 1.29 is 31.4 Å². The Labute approximate surface area is 113 Å². The van der Waals surface area contributed by atoms with Crippen LogP contribution in [0.3, 0.4) is 0 Å². The molecule has 0 atom stereocenters. The largest absolute Gasteiger partial charge is 2.00 e. The van der Waals surface area contributed by atoms with E-state index in [9.17, 15) is 0 Å². The van der Waals surface area contributed by atoms with Gasteiger partial charge in [0.2, 0.25) is 0 Å². The van der Waals surface area contributed by atoms with Crippen molar-refractivity contribution in [2.75, 3.05) is 65.7 Å². The summed E-state index contributed by atoms with van der Waals surface area (Å²) in [4.78, 5) is 0. The number of rotatable bonds is 0. The minimum absolute atomic E-state index is 0. The second-order valence-corrected chi connectivity index (χ2v) is 3.47. The first-order valence-corrected chi connectivity index (χ1v) is 5.78. The van der Waals surface area contributed by atoms with Crippen LogP contribution in [0.1, 0.15) is 0 Å². The average molecular weight is 294 g/mol. The molecule has 0 saturated carbocycles. The molecular formula is C10H25N3NiO3+2. The van der Waals surface area contributed by atoms with Crippen molar-refractivity contribution in [3.63, 3.8) is 0 Å². The number of nitrogens with one attached hydrogen (secondary N) is 3. The molecule has 0 aliphatic carbocycles. The Kier molecular flexibility index (Phi) is 18.7. The standard InChI is InChI=1S/C10H23N3O2.Ni.H2O/c1-3-12-5-7-14-9-10-15-8-6-13-4-2-11-1;;/h11-13H,1-10H2;;1H2/q;+2;. The zero-order valence-electron chi connectivity index (χ0n) is 10.2. The molecule has 0 amide bonds. The summed E-state index contributed by atoms with van der Waals surface area (Å²) in [7, 11) is 0. The molecule has 0 aromatic rings. The molecule has 1 rings (SSSR count). The van der Waals surface area contributed by atoms with Crippen LogP contribution < -0.4 is 16.0 Å². The third kappa shape index (κ3) is 14.2. The van der Waals surface area contributed by atoms with Crippen molar-refractivity contribution in [1.29, 1.82) is 0 Å². The summed E-state index contributed by atoms with van der Waals surface area (Å²) >= 11 is 0. The van der Waals surface area contributed by atoms with Crippen LogP contribution in [-0.2, 0) is 26.0 Å². The van der Waals surface area contributed by atoms with E-state index >= 15 is 0 Å². The summed E-state index contributed by atoms with van der Waals surface area (Å²) in [5.74, 6) is 0. The van der Waals surface area contributed by atoms with Crippen LogP contribution in [0.4, 0.5) is 0 Å². The van der Waals surface area contributed by atoms with Gasteiger partial charge in [0.15, 0.2) is 0 Å². The van der Waals surface area contributed by atoms with Crippen LogP contribution in [0.25, 0.3) is 0 Å². The summed E-state index contributed by atoms with van der Waals surface area (Å²) in [6, 6.07) is 0. The van der Waals surface area contributed by atoms with Crippen LogP contribution in [0.15, 0.2) is 0 Å². The van der Waals surface area contributed by atoms with Crippen LogP contribution in [0.2, 0.25) is 0 Å². The molecule has 1 saturated heterocycles. The van der Waals surface area contributed by atoms with E-state index in [0.29, 0.717) is 13.2 Å². The molecule has 0 unspecified atom stereocenters. The molecule has 1 aliphatic heterocycles. The summed E-state index contributed by atoms with van der Waals surface area (Å²) < 4.78 is 10.8. The van der Waals surface area contributed by atoms with Gasteiger partial charge in [0.25, 0.3) is 0 Å². The molecule has 7 heteroatoms.